The second kappa shape index (κ2) is 9.59. The Morgan fingerprint density at radius 1 is 0.677 bits per heavy atom. The average Bonchev–Trinajstić information content (AvgIpc) is 2.83. The van der Waals surface area contributed by atoms with Crippen LogP contribution in [0.5, 0.6) is 5.75 Å². The van der Waals surface area contributed by atoms with Crippen molar-refractivity contribution in [1.29, 1.82) is 0 Å². The summed E-state index contributed by atoms with van der Waals surface area (Å²) in [5, 5.41) is 0. The van der Waals surface area contributed by atoms with Gasteiger partial charge in [0.2, 0.25) is 0 Å². The molecule has 0 bridgehead atoms. The fourth-order valence-corrected chi connectivity index (χ4v) is 3.44. The highest BCUT2D eigenvalue weighted by molar-refractivity contribution is 5.83. The summed E-state index contributed by atoms with van der Waals surface area (Å²) in [4.78, 5) is 13.6. The molecule has 0 aliphatic heterocycles. The molecule has 3 heteroatoms. The molecule has 0 radical (unpaired) electrons. The Bertz CT molecular complexity index is 1140. The molecule has 0 atom stereocenters. The molecule has 0 heterocycles. The quantitative estimate of drug-likeness (QED) is 0.191. The highest BCUT2D eigenvalue weighted by atomic mass is 16.5. The van der Waals surface area contributed by atoms with Gasteiger partial charge in [0, 0.05) is 23.1 Å². The monoisotopic (exact) mass is 405 g/mol. The van der Waals surface area contributed by atoms with Crippen LogP contribution in [-0.4, -0.2) is 5.97 Å². The normalized spacial score (nSPS) is 10.3. The van der Waals surface area contributed by atoms with Crippen molar-refractivity contribution >= 4 is 23.0 Å². The van der Waals surface area contributed by atoms with E-state index < -0.39 is 5.97 Å². The summed E-state index contributed by atoms with van der Waals surface area (Å²) in [5.41, 5.74) is 5.63. The maximum absolute atomic E-state index is 11.5. The Kier molecular flexibility index (Phi) is 6.24. The minimum absolute atomic E-state index is 0.471. The fourth-order valence-electron chi connectivity index (χ4n) is 3.44. The van der Waals surface area contributed by atoms with E-state index in [1.54, 1.807) is 12.1 Å². The van der Waals surface area contributed by atoms with Crippen LogP contribution >= 0.6 is 0 Å². The molecule has 0 spiro atoms. The number of carbonyl (C=O) groups excluding carboxylic acids is 1. The van der Waals surface area contributed by atoms with Crippen molar-refractivity contribution in [3.63, 3.8) is 0 Å². The van der Waals surface area contributed by atoms with Gasteiger partial charge in [0.05, 0.1) is 0 Å². The Morgan fingerprint density at radius 2 is 1.16 bits per heavy atom. The third kappa shape index (κ3) is 5.09. The van der Waals surface area contributed by atoms with E-state index >= 15 is 0 Å². The van der Waals surface area contributed by atoms with Crippen LogP contribution in [0.3, 0.4) is 0 Å². The lowest BCUT2D eigenvalue weighted by Gasteiger charge is -2.25. The number of benzene rings is 4. The number of para-hydroxylation sites is 1. The number of ether oxygens (including phenoxy) is 1. The van der Waals surface area contributed by atoms with E-state index in [0.717, 1.165) is 29.6 Å². The molecule has 152 valence electrons. The summed E-state index contributed by atoms with van der Waals surface area (Å²) in [7, 11) is 0. The molecule has 0 amide bonds. The maximum atomic E-state index is 11.5. The van der Waals surface area contributed by atoms with Crippen LogP contribution in [0.4, 0.5) is 17.1 Å². The molecule has 0 saturated heterocycles. The minimum atomic E-state index is -0.471. The molecule has 0 aliphatic rings. The molecular weight excluding hydrogens is 382 g/mol. The van der Waals surface area contributed by atoms with Crippen LogP contribution in [0.25, 0.3) is 0 Å². The van der Waals surface area contributed by atoms with Gasteiger partial charge in [-0.05, 0) is 66.1 Å². The van der Waals surface area contributed by atoms with Crippen LogP contribution in [0.15, 0.2) is 122 Å². The van der Waals surface area contributed by atoms with Crippen molar-refractivity contribution in [2.75, 3.05) is 4.90 Å². The van der Waals surface area contributed by atoms with Gasteiger partial charge in [0.25, 0.3) is 0 Å². The summed E-state index contributed by atoms with van der Waals surface area (Å²) in [6.45, 7) is 3.43. The summed E-state index contributed by atoms with van der Waals surface area (Å²) in [5.74, 6) is 0.0153. The first-order valence-electron chi connectivity index (χ1n) is 10.2. The second-order valence-electron chi connectivity index (χ2n) is 7.12. The lowest BCUT2D eigenvalue weighted by Crippen LogP contribution is -2.10. The molecule has 0 unspecified atom stereocenters. The van der Waals surface area contributed by atoms with Gasteiger partial charge in [0.1, 0.15) is 5.75 Å². The second-order valence-corrected chi connectivity index (χ2v) is 7.12. The predicted octanol–water partition coefficient (Wildman–Crippen LogP) is 6.84. The summed E-state index contributed by atoms with van der Waals surface area (Å²) in [6, 6.07) is 36.7. The number of rotatable bonds is 7. The smallest absolute Gasteiger partial charge is 0.335 e. The third-order valence-corrected chi connectivity index (χ3v) is 4.94. The SMILES string of the molecule is C=CC(=O)Oc1ccc(N(c2ccccc2)c2ccc(Cc3ccccc3)cc2)cc1. The Morgan fingerprint density at radius 3 is 1.74 bits per heavy atom. The lowest BCUT2D eigenvalue weighted by molar-refractivity contribution is -0.128. The zero-order valence-corrected chi connectivity index (χ0v) is 17.1. The molecule has 0 saturated carbocycles. The number of carbonyl (C=O) groups is 1. The Balaban J connectivity index is 1.63. The molecule has 31 heavy (non-hydrogen) atoms. The zero-order chi connectivity index (χ0) is 21.5. The van der Waals surface area contributed by atoms with Crippen molar-refractivity contribution in [2.45, 2.75) is 6.42 Å². The highest BCUT2D eigenvalue weighted by Crippen LogP contribution is 2.35. The number of nitrogens with zero attached hydrogens (tertiary/aromatic N) is 1. The van der Waals surface area contributed by atoms with E-state index in [4.69, 9.17) is 4.74 Å². The number of anilines is 3. The Labute approximate surface area is 182 Å². The van der Waals surface area contributed by atoms with Gasteiger partial charge < -0.3 is 9.64 Å². The van der Waals surface area contributed by atoms with Crippen molar-refractivity contribution < 1.29 is 9.53 Å². The van der Waals surface area contributed by atoms with Gasteiger partial charge in [0.15, 0.2) is 0 Å². The number of hydrogen-bond donors (Lipinski definition) is 0. The molecule has 0 fully saturated rings. The fraction of sp³-hybridized carbons (Fsp3) is 0.0357. The van der Waals surface area contributed by atoms with Crippen LogP contribution < -0.4 is 9.64 Å². The van der Waals surface area contributed by atoms with Crippen molar-refractivity contribution in [1.82, 2.24) is 0 Å². The largest absolute Gasteiger partial charge is 0.423 e. The molecule has 0 N–H and O–H groups in total. The summed E-state index contributed by atoms with van der Waals surface area (Å²) < 4.78 is 5.21. The van der Waals surface area contributed by atoms with Gasteiger partial charge in [-0.25, -0.2) is 4.79 Å². The van der Waals surface area contributed by atoms with E-state index in [1.165, 1.54) is 11.1 Å². The van der Waals surface area contributed by atoms with Crippen molar-refractivity contribution in [3.8, 4) is 5.75 Å². The molecule has 0 aromatic heterocycles. The molecule has 4 aromatic rings. The molecule has 3 nitrogen and oxygen atoms in total. The summed E-state index contributed by atoms with van der Waals surface area (Å²) in [6.07, 6.45) is 2.05. The predicted molar refractivity (Wildman–Crippen MR) is 126 cm³/mol. The topological polar surface area (TPSA) is 29.5 Å². The standard InChI is InChI=1S/C28H23NO2/c1-2-28(30)31-27-19-17-26(18-20-27)29(24-11-7-4-8-12-24)25-15-13-23(14-16-25)21-22-9-5-3-6-10-22/h2-20H,1,21H2. The van der Waals surface area contributed by atoms with Crippen molar-refractivity contribution in [2.24, 2.45) is 0 Å². The van der Waals surface area contributed by atoms with Crippen LogP contribution in [0.2, 0.25) is 0 Å². The highest BCUT2D eigenvalue weighted by Gasteiger charge is 2.13. The maximum Gasteiger partial charge on any atom is 0.335 e. The molecule has 4 aromatic carbocycles. The molecule has 0 aliphatic carbocycles. The molecular formula is C28H23NO2. The Hall–Kier alpha value is -4.11. The lowest BCUT2D eigenvalue weighted by atomic mass is 10.0. The van der Waals surface area contributed by atoms with Crippen molar-refractivity contribution in [3.05, 3.63) is 133 Å². The van der Waals surface area contributed by atoms with Gasteiger partial charge in [-0.3, -0.25) is 0 Å². The first kappa shape index (κ1) is 20.2. The third-order valence-electron chi connectivity index (χ3n) is 4.94. The number of hydrogen-bond acceptors (Lipinski definition) is 3. The van der Waals surface area contributed by atoms with Crippen LogP contribution in [0.1, 0.15) is 11.1 Å². The van der Waals surface area contributed by atoms with E-state index in [1.807, 2.05) is 36.4 Å². The molecule has 4 rings (SSSR count). The zero-order valence-electron chi connectivity index (χ0n) is 17.1. The van der Waals surface area contributed by atoms with Gasteiger partial charge in [-0.1, -0.05) is 67.2 Å². The van der Waals surface area contributed by atoms with Crippen LogP contribution in [-0.2, 0) is 11.2 Å². The first-order valence-corrected chi connectivity index (χ1v) is 10.2. The summed E-state index contributed by atoms with van der Waals surface area (Å²) >= 11 is 0. The van der Waals surface area contributed by atoms with Gasteiger partial charge >= 0.3 is 5.97 Å². The average molecular weight is 405 g/mol. The number of esters is 1. The van der Waals surface area contributed by atoms with E-state index in [0.29, 0.717) is 5.75 Å². The van der Waals surface area contributed by atoms with Gasteiger partial charge in [-0.2, -0.15) is 0 Å². The first-order chi connectivity index (χ1) is 15.2. The van der Waals surface area contributed by atoms with Crippen LogP contribution in [0, 0.1) is 0 Å². The van der Waals surface area contributed by atoms with E-state index in [2.05, 4.69) is 72.1 Å². The minimum Gasteiger partial charge on any atom is -0.423 e. The van der Waals surface area contributed by atoms with Gasteiger partial charge in [-0.15, -0.1) is 0 Å². The van der Waals surface area contributed by atoms with E-state index in [9.17, 15) is 4.79 Å². The van der Waals surface area contributed by atoms with E-state index in [-0.39, 0.29) is 0 Å².